The van der Waals surface area contributed by atoms with E-state index in [0.717, 1.165) is 32.2 Å². The molecule has 0 spiro atoms. The molecular formula is C23H26N2O. The molecule has 134 valence electrons. The second kappa shape index (κ2) is 6.24. The lowest BCUT2D eigenvalue weighted by Crippen LogP contribution is -2.42. The average molecular weight is 346 g/mol. The lowest BCUT2D eigenvalue weighted by molar-refractivity contribution is -0.126. The molecule has 26 heavy (non-hydrogen) atoms. The predicted molar refractivity (Wildman–Crippen MR) is 103 cm³/mol. The Balaban J connectivity index is 1.36. The zero-order chi connectivity index (χ0) is 17.6. The fraction of sp³-hybridized carbons (Fsp3) is 0.435. The van der Waals surface area contributed by atoms with Gasteiger partial charge < -0.3 is 5.32 Å². The number of fused-ring (bicyclic) bond motifs is 1. The number of nitrogens with zero attached hydrogens (tertiary/aromatic N) is 1. The molecule has 1 aliphatic carbocycles. The third-order valence-electron chi connectivity index (χ3n) is 6.64. The van der Waals surface area contributed by atoms with Gasteiger partial charge in [-0.15, -0.1) is 0 Å². The van der Waals surface area contributed by atoms with Crippen LogP contribution < -0.4 is 5.32 Å². The van der Waals surface area contributed by atoms with Crippen molar-refractivity contribution in [2.45, 2.75) is 49.7 Å². The average Bonchev–Trinajstić information content (AvgIpc) is 3.14. The van der Waals surface area contributed by atoms with Crippen LogP contribution >= 0.6 is 0 Å². The number of rotatable bonds is 4. The Labute approximate surface area is 155 Å². The summed E-state index contributed by atoms with van der Waals surface area (Å²) in [6.45, 7) is 1.12. The lowest BCUT2D eigenvalue weighted by atomic mass is 9.92. The normalized spacial score (nSPS) is 29.3. The Bertz CT molecular complexity index is 784. The van der Waals surface area contributed by atoms with Crippen LogP contribution in [-0.2, 0) is 10.3 Å². The van der Waals surface area contributed by atoms with Crippen molar-refractivity contribution in [3.63, 3.8) is 0 Å². The van der Waals surface area contributed by atoms with Crippen LogP contribution in [-0.4, -0.2) is 23.4 Å². The minimum atomic E-state index is -0.105. The summed E-state index contributed by atoms with van der Waals surface area (Å²) in [6, 6.07) is 22.0. The second-order valence-corrected chi connectivity index (χ2v) is 8.15. The number of amides is 1. The van der Waals surface area contributed by atoms with E-state index in [1.54, 1.807) is 0 Å². The maximum absolute atomic E-state index is 13.3. The van der Waals surface area contributed by atoms with Crippen molar-refractivity contribution < 1.29 is 4.79 Å². The number of carbonyl (C=O) groups is 1. The zero-order valence-electron chi connectivity index (χ0n) is 15.1. The zero-order valence-corrected chi connectivity index (χ0v) is 15.1. The van der Waals surface area contributed by atoms with E-state index in [9.17, 15) is 4.79 Å². The van der Waals surface area contributed by atoms with E-state index >= 15 is 0 Å². The van der Waals surface area contributed by atoms with Crippen LogP contribution in [0.25, 0.3) is 0 Å². The highest BCUT2D eigenvalue weighted by Crippen LogP contribution is 2.48. The molecule has 1 N–H and O–H groups in total. The minimum absolute atomic E-state index is 0.105. The van der Waals surface area contributed by atoms with Gasteiger partial charge in [-0.3, -0.25) is 9.69 Å². The van der Waals surface area contributed by atoms with Crippen molar-refractivity contribution in [1.82, 2.24) is 10.2 Å². The molecule has 2 saturated heterocycles. The molecule has 0 aromatic heterocycles. The van der Waals surface area contributed by atoms with Crippen LogP contribution in [0.5, 0.6) is 0 Å². The number of hydrogen-bond acceptors (Lipinski definition) is 2. The largest absolute Gasteiger partial charge is 0.346 e. The Morgan fingerprint density at radius 3 is 2.38 bits per heavy atom. The van der Waals surface area contributed by atoms with Gasteiger partial charge in [0.2, 0.25) is 5.91 Å². The molecule has 3 nitrogen and oxygen atoms in total. The smallest absolute Gasteiger partial charge is 0.225 e. The Morgan fingerprint density at radius 1 is 1.00 bits per heavy atom. The molecule has 5 rings (SSSR count). The van der Waals surface area contributed by atoms with Crippen molar-refractivity contribution in [3.8, 4) is 0 Å². The minimum Gasteiger partial charge on any atom is -0.346 e. The fourth-order valence-corrected chi connectivity index (χ4v) is 5.15. The van der Waals surface area contributed by atoms with Crippen LogP contribution in [0.1, 0.15) is 49.3 Å². The van der Waals surface area contributed by atoms with Gasteiger partial charge in [-0.05, 0) is 49.8 Å². The first kappa shape index (κ1) is 16.1. The maximum atomic E-state index is 13.3. The summed E-state index contributed by atoms with van der Waals surface area (Å²) in [7, 11) is 0. The first-order valence-electron chi connectivity index (χ1n) is 9.95. The van der Waals surface area contributed by atoms with E-state index in [0.29, 0.717) is 12.1 Å². The lowest BCUT2D eigenvalue weighted by Gasteiger charge is -2.25. The van der Waals surface area contributed by atoms with E-state index in [-0.39, 0.29) is 17.4 Å². The molecule has 2 heterocycles. The molecule has 0 bridgehead atoms. The molecule has 3 atom stereocenters. The van der Waals surface area contributed by atoms with Crippen LogP contribution in [0.3, 0.4) is 0 Å². The highest BCUT2D eigenvalue weighted by atomic mass is 16.2. The summed E-state index contributed by atoms with van der Waals surface area (Å²) in [5.74, 6) is 0.380. The maximum Gasteiger partial charge on any atom is 0.225 e. The van der Waals surface area contributed by atoms with Gasteiger partial charge in [0, 0.05) is 12.1 Å². The molecule has 1 amide bonds. The summed E-state index contributed by atoms with van der Waals surface area (Å²) in [4.78, 5) is 15.8. The van der Waals surface area contributed by atoms with E-state index < -0.39 is 0 Å². The third-order valence-corrected chi connectivity index (χ3v) is 6.64. The first-order chi connectivity index (χ1) is 12.8. The molecule has 2 aromatic rings. The molecule has 2 aromatic carbocycles. The van der Waals surface area contributed by atoms with Crippen molar-refractivity contribution in [3.05, 3.63) is 71.8 Å². The van der Waals surface area contributed by atoms with Crippen molar-refractivity contribution in [2.24, 2.45) is 5.92 Å². The van der Waals surface area contributed by atoms with Gasteiger partial charge in [0.1, 0.15) is 0 Å². The number of nitrogens with one attached hydrogen (secondary N) is 1. The predicted octanol–water partition coefficient (Wildman–Crippen LogP) is 4.02. The molecule has 0 radical (unpaired) electrons. The fourth-order valence-electron chi connectivity index (χ4n) is 5.15. The van der Waals surface area contributed by atoms with Crippen molar-refractivity contribution >= 4 is 5.91 Å². The van der Waals surface area contributed by atoms with E-state index in [4.69, 9.17) is 0 Å². The van der Waals surface area contributed by atoms with Gasteiger partial charge in [-0.1, -0.05) is 60.7 Å². The second-order valence-electron chi connectivity index (χ2n) is 8.15. The molecular weight excluding hydrogens is 320 g/mol. The SMILES string of the molecule is O=C(NC1(c2ccccc2)CC1)[C@H]1C[C@@H](c2ccccc2)N2CCC[C@H]12. The molecule has 1 saturated carbocycles. The summed E-state index contributed by atoms with van der Waals surface area (Å²) < 4.78 is 0. The summed E-state index contributed by atoms with van der Waals surface area (Å²) in [5.41, 5.74) is 2.51. The summed E-state index contributed by atoms with van der Waals surface area (Å²) in [6.07, 6.45) is 5.44. The first-order valence-corrected chi connectivity index (χ1v) is 9.95. The standard InChI is InChI=1S/C23H26N2O/c26-22(24-23(13-14-23)18-10-5-2-6-11-18)19-16-21(17-8-3-1-4-9-17)25-15-7-12-20(19)25/h1-6,8-11,19-21H,7,12-16H2,(H,24,26)/t19-,20+,21-/m0/s1. The van der Waals surface area contributed by atoms with Gasteiger partial charge in [0.05, 0.1) is 11.5 Å². The van der Waals surface area contributed by atoms with Gasteiger partial charge >= 0.3 is 0 Å². The van der Waals surface area contributed by atoms with E-state index in [2.05, 4.69) is 64.8 Å². The van der Waals surface area contributed by atoms with Crippen molar-refractivity contribution in [2.75, 3.05) is 6.54 Å². The Hall–Kier alpha value is -2.13. The number of benzene rings is 2. The van der Waals surface area contributed by atoms with Gasteiger partial charge in [0.15, 0.2) is 0 Å². The van der Waals surface area contributed by atoms with E-state index in [1.807, 2.05) is 6.07 Å². The highest BCUT2D eigenvalue weighted by molar-refractivity contribution is 5.81. The molecule has 3 fully saturated rings. The van der Waals surface area contributed by atoms with Crippen molar-refractivity contribution in [1.29, 1.82) is 0 Å². The quantitative estimate of drug-likeness (QED) is 0.907. The monoisotopic (exact) mass is 346 g/mol. The molecule has 2 aliphatic heterocycles. The topological polar surface area (TPSA) is 32.3 Å². The van der Waals surface area contributed by atoms with E-state index in [1.165, 1.54) is 17.5 Å². The third kappa shape index (κ3) is 2.66. The van der Waals surface area contributed by atoms with Crippen LogP contribution in [0, 0.1) is 5.92 Å². The Morgan fingerprint density at radius 2 is 1.69 bits per heavy atom. The van der Waals surface area contributed by atoms with Crippen LogP contribution in [0.15, 0.2) is 60.7 Å². The molecule has 3 aliphatic rings. The van der Waals surface area contributed by atoms with Gasteiger partial charge in [-0.2, -0.15) is 0 Å². The molecule has 0 unspecified atom stereocenters. The summed E-state index contributed by atoms with van der Waals surface area (Å²) in [5, 5.41) is 3.44. The highest BCUT2D eigenvalue weighted by Gasteiger charge is 2.51. The van der Waals surface area contributed by atoms with Crippen LogP contribution in [0.4, 0.5) is 0 Å². The number of hydrogen-bond donors (Lipinski definition) is 1. The van der Waals surface area contributed by atoms with Crippen LogP contribution in [0.2, 0.25) is 0 Å². The number of carbonyl (C=O) groups excluding carboxylic acids is 1. The van der Waals surface area contributed by atoms with Gasteiger partial charge in [-0.25, -0.2) is 0 Å². The van der Waals surface area contributed by atoms with Gasteiger partial charge in [0.25, 0.3) is 0 Å². The summed E-state index contributed by atoms with van der Waals surface area (Å²) >= 11 is 0. The molecule has 3 heteroatoms. The Kier molecular flexibility index (Phi) is 3.86.